The number of rotatable bonds is 7. The average molecular weight is 336 g/mol. The van der Waals surface area contributed by atoms with Crippen molar-refractivity contribution in [3.05, 3.63) is 29.3 Å². The van der Waals surface area contributed by atoms with E-state index < -0.39 is 17.9 Å². The Kier molecular flexibility index (Phi) is 7.48. The third-order valence-electron chi connectivity index (χ3n) is 2.74. The van der Waals surface area contributed by atoms with E-state index in [2.05, 4.69) is 0 Å². The highest BCUT2D eigenvalue weighted by Gasteiger charge is 2.21. The van der Waals surface area contributed by atoms with Crippen LogP contribution < -0.4 is 9.47 Å². The van der Waals surface area contributed by atoms with Crippen LogP contribution in [-0.2, 0) is 23.9 Å². The molecule has 0 spiro atoms. The minimum Gasteiger partial charge on any atom is -0.493 e. The van der Waals surface area contributed by atoms with E-state index in [1.807, 2.05) is 0 Å². The van der Waals surface area contributed by atoms with Crippen LogP contribution in [0.25, 0.3) is 6.08 Å². The summed E-state index contributed by atoms with van der Waals surface area (Å²) in [6.45, 7) is 4.76. The Morgan fingerprint density at radius 1 is 1.00 bits per heavy atom. The van der Waals surface area contributed by atoms with Gasteiger partial charge in [-0.2, -0.15) is 0 Å². The van der Waals surface area contributed by atoms with Crippen molar-refractivity contribution in [2.75, 3.05) is 20.3 Å². The van der Waals surface area contributed by atoms with Gasteiger partial charge in [0.25, 0.3) is 0 Å². The van der Waals surface area contributed by atoms with Crippen molar-refractivity contribution < 1.29 is 33.3 Å². The lowest BCUT2D eigenvalue weighted by atomic mass is 10.1. The van der Waals surface area contributed by atoms with Gasteiger partial charge in [-0.3, -0.25) is 4.79 Å². The SMILES string of the molecule is CCOC(=O)C(=Cc1ccc(OC)c(OC(C)=O)c1)C(=O)OCC. The Morgan fingerprint density at radius 2 is 1.58 bits per heavy atom. The van der Waals surface area contributed by atoms with Crippen LogP contribution in [0.2, 0.25) is 0 Å². The highest BCUT2D eigenvalue weighted by atomic mass is 16.6. The van der Waals surface area contributed by atoms with E-state index >= 15 is 0 Å². The topological polar surface area (TPSA) is 88.1 Å². The zero-order chi connectivity index (χ0) is 18.1. The van der Waals surface area contributed by atoms with Crippen molar-refractivity contribution in [3.63, 3.8) is 0 Å². The number of hydrogen-bond donors (Lipinski definition) is 0. The minimum absolute atomic E-state index is 0.122. The molecule has 0 unspecified atom stereocenters. The predicted octanol–water partition coefficient (Wildman–Crippen LogP) is 2.13. The fourth-order valence-electron chi connectivity index (χ4n) is 1.80. The summed E-state index contributed by atoms with van der Waals surface area (Å²) < 4.78 is 19.9. The quantitative estimate of drug-likeness (QED) is 0.248. The monoisotopic (exact) mass is 336 g/mol. The standard InChI is InChI=1S/C17H20O7/c1-5-22-16(19)13(17(20)23-6-2)9-12-7-8-14(21-4)15(10-12)24-11(3)18/h7-10H,5-6H2,1-4H3. The fraction of sp³-hybridized carbons (Fsp3) is 0.353. The molecule has 1 aromatic carbocycles. The number of hydrogen-bond acceptors (Lipinski definition) is 7. The molecule has 0 amide bonds. The first-order valence-electron chi connectivity index (χ1n) is 7.35. The first-order chi connectivity index (χ1) is 11.4. The second-order valence-corrected chi connectivity index (χ2v) is 4.50. The summed E-state index contributed by atoms with van der Waals surface area (Å²) in [6.07, 6.45) is 1.31. The molecule has 7 heteroatoms. The van der Waals surface area contributed by atoms with E-state index in [-0.39, 0.29) is 24.5 Å². The zero-order valence-electron chi connectivity index (χ0n) is 14.1. The Labute approximate surface area is 140 Å². The van der Waals surface area contributed by atoms with E-state index in [9.17, 15) is 14.4 Å². The van der Waals surface area contributed by atoms with Gasteiger partial charge in [0.2, 0.25) is 0 Å². The highest BCUT2D eigenvalue weighted by Crippen LogP contribution is 2.29. The molecule has 1 rings (SSSR count). The van der Waals surface area contributed by atoms with Gasteiger partial charge in [0.05, 0.1) is 20.3 Å². The second-order valence-electron chi connectivity index (χ2n) is 4.50. The highest BCUT2D eigenvalue weighted by molar-refractivity contribution is 6.17. The molecule has 0 saturated carbocycles. The number of esters is 3. The molecule has 0 saturated heterocycles. The molecule has 24 heavy (non-hydrogen) atoms. The molecule has 7 nitrogen and oxygen atoms in total. The summed E-state index contributed by atoms with van der Waals surface area (Å²) in [6, 6.07) is 4.63. The fourth-order valence-corrected chi connectivity index (χ4v) is 1.80. The molecular weight excluding hydrogens is 316 g/mol. The van der Waals surface area contributed by atoms with Gasteiger partial charge < -0.3 is 18.9 Å². The molecule has 1 aromatic rings. The average Bonchev–Trinajstić information content (AvgIpc) is 2.52. The largest absolute Gasteiger partial charge is 0.493 e. The van der Waals surface area contributed by atoms with Gasteiger partial charge in [-0.25, -0.2) is 9.59 Å². The molecule has 130 valence electrons. The van der Waals surface area contributed by atoms with Gasteiger partial charge in [-0.05, 0) is 37.6 Å². The molecule has 0 aromatic heterocycles. The predicted molar refractivity (Wildman–Crippen MR) is 85.5 cm³/mol. The third-order valence-corrected chi connectivity index (χ3v) is 2.74. The van der Waals surface area contributed by atoms with Crippen LogP contribution in [0.15, 0.2) is 23.8 Å². The van der Waals surface area contributed by atoms with Gasteiger partial charge in [0.15, 0.2) is 11.5 Å². The van der Waals surface area contributed by atoms with Gasteiger partial charge in [-0.1, -0.05) is 6.07 Å². The molecule has 0 aliphatic carbocycles. The Morgan fingerprint density at radius 3 is 2.04 bits per heavy atom. The van der Waals surface area contributed by atoms with Crippen LogP contribution in [0.5, 0.6) is 11.5 Å². The van der Waals surface area contributed by atoms with Gasteiger partial charge in [0, 0.05) is 6.92 Å². The molecule has 0 N–H and O–H groups in total. The van der Waals surface area contributed by atoms with E-state index in [4.69, 9.17) is 18.9 Å². The summed E-state index contributed by atoms with van der Waals surface area (Å²) in [5.74, 6) is -1.59. The first-order valence-corrected chi connectivity index (χ1v) is 7.35. The molecule has 0 aliphatic heterocycles. The minimum atomic E-state index is -0.791. The number of ether oxygens (including phenoxy) is 4. The van der Waals surface area contributed by atoms with E-state index in [0.717, 1.165) is 0 Å². The van der Waals surface area contributed by atoms with Gasteiger partial charge in [0.1, 0.15) is 5.57 Å². The van der Waals surface area contributed by atoms with Crippen LogP contribution >= 0.6 is 0 Å². The lowest BCUT2D eigenvalue weighted by Gasteiger charge is -2.10. The Bertz CT molecular complexity index is 626. The number of methoxy groups -OCH3 is 1. The van der Waals surface area contributed by atoms with Gasteiger partial charge in [-0.15, -0.1) is 0 Å². The molecule has 0 radical (unpaired) electrons. The second kappa shape index (κ2) is 9.34. The summed E-state index contributed by atoms with van der Waals surface area (Å²) >= 11 is 0. The molecule has 0 aliphatic rings. The van der Waals surface area contributed by atoms with Crippen molar-refractivity contribution in [2.24, 2.45) is 0 Å². The summed E-state index contributed by atoms with van der Waals surface area (Å²) in [4.78, 5) is 35.1. The van der Waals surface area contributed by atoms with Crippen molar-refractivity contribution >= 4 is 24.0 Å². The van der Waals surface area contributed by atoms with E-state index in [0.29, 0.717) is 11.3 Å². The summed E-state index contributed by atoms with van der Waals surface area (Å²) in [5.41, 5.74) is 0.195. The smallest absolute Gasteiger partial charge is 0.345 e. The van der Waals surface area contributed by atoms with Crippen molar-refractivity contribution in [1.29, 1.82) is 0 Å². The van der Waals surface area contributed by atoms with Gasteiger partial charge >= 0.3 is 17.9 Å². The van der Waals surface area contributed by atoms with Crippen molar-refractivity contribution in [3.8, 4) is 11.5 Å². The van der Waals surface area contributed by atoms with Crippen LogP contribution in [0, 0.1) is 0 Å². The number of carbonyl (C=O) groups excluding carboxylic acids is 3. The molecule has 0 heterocycles. The molecular formula is C17H20O7. The Balaban J connectivity index is 3.27. The van der Waals surface area contributed by atoms with Crippen LogP contribution in [0.4, 0.5) is 0 Å². The summed E-state index contributed by atoms with van der Waals surface area (Å²) in [5, 5.41) is 0. The Hall–Kier alpha value is -2.83. The first kappa shape index (κ1) is 19.2. The maximum Gasteiger partial charge on any atom is 0.345 e. The van der Waals surface area contributed by atoms with E-state index in [1.165, 1.54) is 26.2 Å². The number of benzene rings is 1. The lowest BCUT2D eigenvalue weighted by molar-refractivity contribution is -0.146. The van der Waals surface area contributed by atoms with Crippen molar-refractivity contribution in [2.45, 2.75) is 20.8 Å². The van der Waals surface area contributed by atoms with E-state index in [1.54, 1.807) is 26.0 Å². The molecule has 0 bridgehead atoms. The third kappa shape index (κ3) is 5.42. The maximum atomic E-state index is 11.9. The summed E-state index contributed by atoms with van der Waals surface area (Å²) in [7, 11) is 1.43. The maximum absolute atomic E-state index is 11.9. The molecule has 0 atom stereocenters. The number of carbonyl (C=O) groups is 3. The normalized spacial score (nSPS) is 9.67. The lowest BCUT2D eigenvalue weighted by Crippen LogP contribution is -2.18. The van der Waals surface area contributed by atoms with Crippen LogP contribution in [0.1, 0.15) is 26.3 Å². The molecule has 0 fully saturated rings. The van der Waals surface area contributed by atoms with Crippen LogP contribution in [0.3, 0.4) is 0 Å². The van der Waals surface area contributed by atoms with Crippen molar-refractivity contribution in [1.82, 2.24) is 0 Å². The zero-order valence-corrected chi connectivity index (χ0v) is 14.1. The van der Waals surface area contributed by atoms with Crippen LogP contribution in [-0.4, -0.2) is 38.2 Å².